The van der Waals surface area contributed by atoms with Crippen molar-refractivity contribution in [3.8, 4) is 5.75 Å². The molecule has 2 saturated heterocycles. The van der Waals surface area contributed by atoms with Crippen molar-refractivity contribution in [2.75, 3.05) is 19.8 Å². The molecule has 2 aliphatic heterocycles. The topological polar surface area (TPSA) is 149 Å². The van der Waals surface area contributed by atoms with Gasteiger partial charge in [0.05, 0.1) is 18.2 Å². The molecule has 2 aromatic carbocycles. The number of aliphatic hydroxyl groups is 4. The second-order valence-electron chi connectivity index (χ2n) is 9.01. The summed E-state index contributed by atoms with van der Waals surface area (Å²) in [6, 6.07) is 8.79. The summed E-state index contributed by atoms with van der Waals surface area (Å²) in [6.45, 7) is 2.43. The van der Waals surface area contributed by atoms with Gasteiger partial charge in [0.1, 0.15) is 42.3 Å². The van der Waals surface area contributed by atoms with Crippen LogP contribution in [0.25, 0.3) is 0 Å². The maximum Gasteiger partial charge on any atom is 0.320 e. The van der Waals surface area contributed by atoms with Crippen LogP contribution in [-0.2, 0) is 15.5 Å². The molecule has 0 saturated carbocycles. The minimum Gasteiger partial charge on any atom is -0.494 e. The molecule has 6 N–H and O–H groups in total. The third-order valence-electron chi connectivity index (χ3n) is 6.44. The Kier molecular flexibility index (Phi) is 10.4. The fraction of sp³-hybridized carbons (Fsp3) is 0.500. The molecule has 0 radical (unpaired) electrons. The highest BCUT2D eigenvalue weighted by atomic mass is 35.5. The Morgan fingerprint density at radius 3 is 2.34 bits per heavy atom. The van der Waals surface area contributed by atoms with Gasteiger partial charge in [-0.3, -0.25) is 4.79 Å². The lowest BCUT2D eigenvalue weighted by atomic mass is 9.89. The van der Waals surface area contributed by atoms with Crippen LogP contribution >= 0.6 is 11.6 Å². The van der Waals surface area contributed by atoms with Crippen LogP contribution in [0.3, 0.4) is 0 Å². The standard InChI is InChI=1S/C21H23ClF2O6.C5H9NO2/c1-2-29-13-6-4-12(5-7-13)21(23,24)14-9-11(3-8-15(14)22)20-19(28)18(27)17(26)16(10-25)30-20;7-5(8)4-2-1-3-6-4/h3-9,16-20,25-28H,2,10H2,1H3;4,6H,1-3H2,(H,7,8)/t16-,17-,18+,19-,20+;4-/m10/s1. The van der Waals surface area contributed by atoms with Crippen molar-refractivity contribution in [3.63, 3.8) is 0 Å². The van der Waals surface area contributed by atoms with E-state index in [4.69, 9.17) is 26.2 Å². The molecule has 9 nitrogen and oxygen atoms in total. The third kappa shape index (κ3) is 6.78. The molecule has 0 aliphatic carbocycles. The van der Waals surface area contributed by atoms with E-state index in [1.54, 1.807) is 6.92 Å². The molecule has 0 unspecified atom stereocenters. The third-order valence-corrected chi connectivity index (χ3v) is 6.77. The zero-order chi connectivity index (χ0) is 28.0. The fourth-order valence-corrected chi connectivity index (χ4v) is 4.55. The number of hydrogen-bond acceptors (Lipinski definition) is 8. The molecule has 4 rings (SSSR count). The molecule has 12 heteroatoms. The normalized spacial score (nSPS) is 27.4. The molecule has 2 heterocycles. The molecule has 2 aromatic rings. The minimum absolute atomic E-state index is 0.122. The first kappa shape index (κ1) is 30.2. The van der Waals surface area contributed by atoms with E-state index in [0.29, 0.717) is 12.4 Å². The van der Waals surface area contributed by atoms with Crippen molar-refractivity contribution in [2.45, 2.75) is 62.2 Å². The second-order valence-corrected chi connectivity index (χ2v) is 9.41. The van der Waals surface area contributed by atoms with E-state index in [2.05, 4.69) is 5.32 Å². The largest absolute Gasteiger partial charge is 0.494 e. The number of rotatable bonds is 7. The quantitative estimate of drug-likeness (QED) is 0.300. The Morgan fingerprint density at radius 2 is 1.82 bits per heavy atom. The summed E-state index contributed by atoms with van der Waals surface area (Å²) in [5.41, 5.74) is -0.696. The number of aliphatic hydroxyl groups excluding tert-OH is 4. The average molecular weight is 560 g/mol. The number of alkyl halides is 2. The lowest BCUT2D eigenvalue weighted by Crippen LogP contribution is -2.55. The molecular weight excluding hydrogens is 528 g/mol. The molecule has 0 bridgehead atoms. The molecular formula is C26H32ClF2NO8. The van der Waals surface area contributed by atoms with E-state index in [-0.39, 0.29) is 22.2 Å². The van der Waals surface area contributed by atoms with E-state index >= 15 is 8.78 Å². The number of carbonyl (C=O) groups is 1. The van der Waals surface area contributed by atoms with E-state index in [9.17, 15) is 25.2 Å². The Morgan fingerprint density at radius 1 is 1.13 bits per heavy atom. The van der Waals surface area contributed by atoms with Gasteiger partial charge in [-0.25, -0.2) is 0 Å². The number of carboxylic acids is 1. The molecule has 210 valence electrons. The van der Waals surface area contributed by atoms with E-state index in [1.807, 2.05) is 0 Å². The monoisotopic (exact) mass is 559 g/mol. The van der Waals surface area contributed by atoms with Crippen molar-refractivity contribution >= 4 is 17.6 Å². The molecule has 2 aliphatic rings. The number of nitrogens with one attached hydrogen (secondary N) is 1. The molecule has 38 heavy (non-hydrogen) atoms. The van der Waals surface area contributed by atoms with Gasteiger partial charge in [-0.1, -0.05) is 17.7 Å². The SMILES string of the molecule is CCOc1ccc(C(F)(F)c2cc([C@@H]3O[C@H](CO)[C@@H](O)[C@H](O)[C@H]3O)ccc2Cl)cc1.O=C(O)[C@@H]1CCCN1. The molecule has 2 fully saturated rings. The first-order valence-corrected chi connectivity index (χ1v) is 12.6. The Hall–Kier alpha value is -2.38. The molecule has 6 atom stereocenters. The van der Waals surface area contributed by atoms with Crippen molar-refractivity contribution in [2.24, 2.45) is 0 Å². The number of benzene rings is 2. The van der Waals surface area contributed by atoms with Gasteiger partial charge in [-0.2, -0.15) is 8.78 Å². The van der Waals surface area contributed by atoms with E-state index in [0.717, 1.165) is 25.5 Å². The van der Waals surface area contributed by atoms with Gasteiger partial charge >= 0.3 is 5.97 Å². The van der Waals surface area contributed by atoms with Crippen molar-refractivity contribution in [3.05, 3.63) is 64.2 Å². The lowest BCUT2D eigenvalue weighted by Gasteiger charge is -2.40. The van der Waals surface area contributed by atoms with Crippen molar-refractivity contribution < 1.29 is 48.6 Å². The van der Waals surface area contributed by atoms with E-state index < -0.39 is 54.6 Å². The van der Waals surface area contributed by atoms with Crippen LogP contribution in [-0.4, -0.2) is 81.7 Å². The lowest BCUT2D eigenvalue weighted by molar-refractivity contribution is -0.231. The molecule has 0 aromatic heterocycles. The first-order chi connectivity index (χ1) is 18.0. The van der Waals surface area contributed by atoms with Crippen LogP contribution in [0.2, 0.25) is 5.02 Å². The van der Waals surface area contributed by atoms with Gasteiger partial charge in [0, 0.05) is 11.1 Å². The zero-order valence-corrected chi connectivity index (χ0v) is 21.4. The van der Waals surface area contributed by atoms with Gasteiger partial charge in [-0.05, 0) is 68.3 Å². The summed E-state index contributed by atoms with van der Waals surface area (Å²) in [6.07, 6.45) is -5.36. The van der Waals surface area contributed by atoms with Crippen LogP contribution in [0.1, 0.15) is 42.6 Å². The zero-order valence-electron chi connectivity index (χ0n) is 20.6. The number of carboxylic acid groups (broad SMARTS) is 1. The van der Waals surface area contributed by atoms with Gasteiger partial charge in [0.2, 0.25) is 0 Å². The summed E-state index contributed by atoms with van der Waals surface area (Å²) in [7, 11) is 0. The predicted octanol–water partition coefficient (Wildman–Crippen LogP) is 2.22. The maximum absolute atomic E-state index is 15.2. The van der Waals surface area contributed by atoms with Crippen LogP contribution in [0.5, 0.6) is 5.75 Å². The fourth-order valence-electron chi connectivity index (χ4n) is 4.32. The second kappa shape index (κ2) is 13.1. The maximum atomic E-state index is 15.2. The number of ether oxygens (including phenoxy) is 2. The Balaban J connectivity index is 0.000000427. The number of halogens is 3. The smallest absolute Gasteiger partial charge is 0.320 e. The predicted molar refractivity (Wildman–Crippen MR) is 133 cm³/mol. The summed E-state index contributed by atoms with van der Waals surface area (Å²) >= 11 is 6.06. The van der Waals surface area contributed by atoms with Gasteiger partial charge in [-0.15, -0.1) is 0 Å². The van der Waals surface area contributed by atoms with Crippen LogP contribution in [0, 0.1) is 0 Å². The minimum atomic E-state index is -3.47. The molecule has 0 spiro atoms. The van der Waals surface area contributed by atoms with E-state index in [1.165, 1.54) is 36.4 Å². The number of aliphatic carboxylic acids is 1. The van der Waals surface area contributed by atoms with Crippen LogP contribution < -0.4 is 10.1 Å². The van der Waals surface area contributed by atoms with Gasteiger partial charge in [0.15, 0.2) is 0 Å². The van der Waals surface area contributed by atoms with Crippen LogP contribution in [0.15, 0.2) is 42.5 Å². The highest BCUT2D eigenvalue weighted by Gasteiger charge is 2.45. The first-order valence-electron chi connectivity index (χ1n) is 12.2. The highest BCUT2D eigenvalue weighted by Crippen LogP contribution is 2.42. The van der Waals surface area contributed by atoms with Gasteiger partial charge in [0.25, 0.3) is 5.92 Å². The summed E-state index contributed by atoms with van der Waals surface area (Å²) in [5.74, 6) is -3.73. The van der Waals surface area contributed by atoms with Crippen molar-refractivity contribution in [1.29, 1.82) is 0 Å². The van der Waals surface area contributed by atoms with Crippen LogP contribution in [0.4, 0.5) is 8.78 Å². The summed E-state index contributed by atoms with van der Waals surface area (Å²) in [4.78, 5) is 10.1. The summed E-state index contributed by atoms with van der Waals surface area (Å²) in [5, 5.41) is 50.5. The van der Waals surface area contributed by atoms with Crippen molar-refractivity contribution in [1.82, 2.24) is 5.32 Å². The highest BCUT2D eigenvalue weighted by molar-refractivity contribution is 6.31. The Labute approximate surface area is 223 Å². The van der Waals surface area contributed by atoms with Gasteiger partial charge < -0.3 is 40.3 Å². The number of hydrogen-bond donors (Lipinski definition) is 6. The Bertz CT molecular complexity index is 1070. The average Bonchev–Trinajstić information content (AvgIpc) is 3.45. The summed E-state index contributed by atoms with van der Waals surface area (Å²) < 4.78 is 41.2. The molecule has 0 amide bonds.